The Morgan fingerprint density at radius 3 is 2.78 bits per heavy atom. The second-order valence-corrected chi connectivity index (χ2v) is 6.07. The van der Waals surface area contributed by atoms with E-state index < -0.39 is 12.0 Å². The largest absolute Gasteiger partial charge is 0.480 e. The summed E-state index contributed by atoms with van der Waals surface area (Å²) in [6, 6.07) is 1.12. The first-order chi connectivity index (χ1) is 8.61. The molecule has 1 amide bonds. The minimum absolute atomic E-state index is 0.175. The molecule has 1 fully saturated rings. The highest BCUT2D eigenvalue weighted by Gasteiger charge is 2.32. The van der Waals surface area contributed by atoms with Crippen molar-refractivity contribution in [2.24, 2.45) is 0 Å². The lowest BCUT2D eigenvalue weighted by Gasteiger charge is -2.26. The van der Waals surface area contributed by atoms with E-state index in [1.807, 2.05) is 11.4 Å². The van der Waals surface area contributed by atoms with E-state index in [9.17, 15) is 14.7 Å². The molecule has 1 N–H and O–H groups in total. The third kappa shape index (κ3) is 2.75. The van der Waals surface area contributed by atoms with Gasteiger partial charge < -0.3 is 10.0 Å². The second-order valence-electron chi connectivity index (χ2n) is 4.30. The molecule has 1 aromatic rings. The first kappa shape index (κ1) is 13.5. The van der Waals surface area contributed by atoms with Crippen molar-refractivity contribution < 1.29 is 14.7 Å². The Balaban J connectivity index is 2.25. The van der Waals surface area contributed by atoms with Gasteiger partial charge in [0.15, 0.2) is 0 Å². The smallest absolute Gasteiger partial charge is 0.326 e. The van der Waals surface area contributed by atoms with E-state index >= 15 is 0 Å². The number of carboxylic acid groups (broad SMARTS) is 1. The number of likely N-dealkylation sites (tertiary alicyclic amines) is 1. The summed E-state index contributed by atoms with van der Waals surface area (Å²) >= 11 is 4.67. The van der Waals surface area contributed by atoms with Crippen LogP contribution in [0.1, 0.15) is 35.4 Å². The molecule has 6 heteroatoms. The number of carboxylic acids is 1. The first-order valence-electron chi connectivity index (χ1n) is 5.88. The molecular weight excluding hydrogens is 318 g/mol. The summed E-state index contributed by atoms with van der Waals surface area (Å²) < 4.78 is 0.742. The van der Waals surface area contributed by atoms with E-state index in [1.165, 1.54) is 16.2 Å². The van der Waals surface area contributed by atoms with Gasteiger partial charge in [0.25, 0.3) is 5.91 Å². The highest BCUT2D eigenvalue weighted by atomic mass is 79.9. The number of amides is 1. The normalized spacial score (nSPS) is 20.5. The lowest BCUT2D eigenvalue weighted by Crippen LogP contribution is -2.44. The highest BCUT2D eigenvalue weighted by Crippen LogP contribution is 2.27. The molecule has 1 aliphatic heterocycles. The van der Waals surface area contributed by atoms with Crippen LogP contribution in [0, 0.1) is 0 Å². The minimum Gasteiger partial charge on any atom is -0.480 e. The van der Waals surface area contributed by atoms with Crippen molar-refractivity contribution in [2.75, 3.05) is 6.54 Å². The van der Waals surface area contributed by atoms with Gasteiger partial charge in [-0.1, -0.05) is 12.8 Å². The van der Waals surface area contributed by atoms with Crippen molar-refractivity contribution in [3.63, 3.8) is 0 Å². The number of carbonyl (C=O) groups is 2. The quantitative estimate of drug-likeness (QED) is 0.906. The van der Waals surface area contributed by atoms with Crippen molar-refractivity contribution in [3.05, 3.63) is 20.8 Å². The van der Waals surface area contributed by atoms with Crippen LogP contribution in [0.5, 0.6) is 0 Å². The van der Waals surface area contributed by atoms with Gasteiger partial charge in [0, 0.05) is 11.0 Å². The Labute approximate surface area is 118 Å². The zero-order valence-corrected chi connectivity index (χ0v) is 12.2. The monoisotopic (exact) mass is 331 g/mol. The SMILES string of the molecule is O=C(O)C1CCCCCN1C(=O)c1sccc1Br. The van der Waals surface area contributed by atoms with Gasteiger partial charge in [-0.15, -0.1) is 11.3 Å². The molecule has 98 valence electrons. The second kappa shape index (κ2) is 5.84. The third-order valence-corrected chi connectivity index (χ3v) is 4.94. The average molecular weight is 332 g/mol. The maximum atomic E-state index is 12.4. The molecule has 1 aromatic heterocycles. The Hall–Kier alpha value is -0.880. The number of nitrogens with zero attached hydrogens (tertiary/aromatic N) is 1. The fourth-order valence-corrected chi connectivity index (χ4v) is 3.68. The summed E-state index contributed by atoms with van der Waals surface area (Å²) in [6.07, 6.45) is 3.27. The van der Waals surface area contributed by atoms with Gasteiger partial charge in [-0.05, 0) is 40.2 Å². The predicted molar refractivity (Wildman–Crippen MR) is 72.9 cm³/mol. The van der Waals surface area contributed by atoms with Gasteiger partial charge in [-0.2, -0.15) is 0 Å². The number of aliphatic carboxylic acids is 1. The molecule has 18 heavy (non-hydrogen) atoms. The number of hydrogen-bond acceptors (Lipinski definition) is 3. The molecule has 4 nitrogen and oxygen atoms in total. The Morgan fingerprint density at radius 1 is 1.39 bits per heavy atom. The van der Waals surface area contributed by atoms with E-state index in [4.69, 9.17) is 0 Å². The van der Waals surface area contributed by atoms with Crippen LogP contribution in [0.4, 0.5) is 0 Å². The standard InChI is InChI=1S/C12H14BrNO3S/c13-8-5-7-18-10(8)11(15)14-6-3-1-2-4-9(14)12(16)17/h5,7,9H,1-4,6H2,(H,16,17). The molecule has 2 heterocycles. The van der Waals surface area contributed by atoms with Crippen molar-refractivity contribution >= 4 is 39.1 Å². The lowest BCUT2D eigenvalue weighted by atomic mass is 10.1. The van der Waals surface area contributed by atoms with E-state index in [0.29, 0.717) is 17.8 Å². The van der Waals surface area contributed by atoms with Crippen LogP contribution >= 0.6 is 27.3 Å². The van der Waals surface area contributed by atoms with Gasteiger partial charge in [0.2, 0.25) is 0 Å². The third-order valence-electron chi connectivity index (χ3n) is 3.11. The number of thiophene rings is 1. The van der Waals surface area contributed by atoms with E-state index in [0.717, 1.165) is 23.7 Å². The van der Waals surface area contributed by atoms with Crippen molar-refractivity contribution in [1.82, 2.24) is 4.90 Å². The average Bonchev–Trinajstić information content (AvgIpc) is 2.63. The fourth-order valence-electron chi connectivity index (χ4n) is 2.18. The molecule has 0 bridgehead atoms. The van der Waals surface area contributed by atoms with Crippen molar-refractivity contribution in [3.8, 4) is 0 Å². The number of carbonyl (C=O) groups excluding carboxylic acids is 1. The molecule has 1 saturated heterocycles. The van der Waals surface area contributed by atoms with Gasteiger partial charge in [0.05, 0.1) is 0 Å². The van der Waals surface area contributed by atoms with Gasteiger partial charge in [-0.25, -0.2) is 4.79 Å². The maximum Gasteiger partial charge on any atom is 0.326 e. The van der Waals surface area contributed by atoms with Crippen molar-refractivity contribution in [2.45, 2.75) is 31.7 Å². The molecule has 1 atom stereocenters. The van der Waals surface area contributed by atoms with E-state index in [-0.39, 0.29) is 5.91 Å². The Morgan fingerprint density at radius 2 is 2.17 bits per heavy atom. The van der Waals surface area contributed by atoms with E-state index in [2.05, 4.69) is 15.9 Å². The van der Waals surface area contributed by atoms with Crippen LogP contribution in [0.3, 0.4) is 0 Å². The molecular formula is C12H14BrNO3S. The van der Waals surface area contributed by atoms with Crippen LogP contribution in [-0.2, 0) is 4.79 Å². The molecule has 0 aliphatic carbocycles. The maximum absolute atomic E-state index is 12.4. The summed E-state index contributed by atoms with van der Waals surface area (Å²) in [6.45, 7) is 0.528. The Kier molecular flexibility index (Phi) is 4.40. The zero-order chi connectivity index (χ0) is 13.1. The molecule has 0 radical (unpaired) electrons. The zero-order valence-electron chi connectivity index (χ0n) is 9.76. The Bertz CT molecular complexity index is 460. The molecule has 0 spiro atoms. The lowest BCUT2D eigenvalue weighted by molar-refractivity contribution is -0.142. The van der Waals surface area contributed by atoms with Crippen LogP contribution in [0.2, 0.25) is 0 Å². The van der Waals surface area contributed by atoms with Crippen LogP contribution in [0.15, 0.2) is 15.9 Å². The summed E-state index contributed by atoms with van der Waals surface area (Å²) in [4.78, 5) is 25.8. The fraction of sp³-hybridized carbons (Fsp3) is 0.500. The number of rotatable bonds is 2. The molecule has 2 rings (SSSR count). The van der Waals surface area contributed by atoms with Gasteiger partial charge in [-0.3, -0.25) is 4.79 Å². The van der Waals surface area contributed by atoms with Crippen LogP contribution in [0.25, 0.3) is 0 Å². The van der Waals surface area contributed by atoms with Crippen LogP contribution in [-0.4, -0.2) is 34.5 Å². The number of halogens is 1. The topological polar surface area (TPSA) is 57.6 Å². The first-order valence-corrected chi connectivity index (χ1v) is 7.55. The molecule has 0 aromatic carbocycles. The summed E-state index contributed by atoms with van der Waals surface area (Å²) in [5, 5.41) is 11.1. The molecule has 1 unspecified atom stereocenters. The molecule has 0 saturated carbocycles. The minimum atomic E-state index is -0.905. The predicted octanol–water partition coefficient (Wildman–Crippen LogP) is 2.98. The highest BCUT2D eigenvalue weighted by molar-refractivity contribution is 9.10. The van der Waals surface area contributed by atoms with Crippen molar-refractivity contribution in [1.29, 1.82) is 0 Å². The summed E-state index contributed by atoms with van der Waals surface area (Å²) in [7, 11) is 0. The van der Waals surface area contributed by atoms with Crippen LogP contribution < -0.4 is 0 Å². The number of hydrogen-bond donors (Lipinski definition) is 1. The summed E-state index contributed by atoms with van der Waals surface area (Å²) in [5.41, 5.74) is 0. The molecule has 1 aliphatic rings. The van der Waals surface area contributed by atoms with E-state index in [1.54, 1.807) is 0 Å². The van der Waals surface area contributed by atoms with Gasteiger partial charge >= 0.3 is 5.97 Å². The summed E-state index contributed by atoms with van der Waals surface area (Å²) in [5.74, 6) is -1.08. The van der Waals surface area contributed by atoms with Gasteiger partial charge in [0.1, 0.15) is 10.9 Å².